The van der Waals surface area contributed by atoms with E-state index in [0.29, 0.717) is 30.2 Å². The zero-order valence-electron chi connectivity index (χ0n) is 14.3. The van der Waals surface area contributed by atoms with Crippen molar-refractivity contribution in [2.75, 3.05) is 20.3 Å². The number of hydrogen-bond donors (Lipinski definition) is 1. The summed E-state index contributed by atoms with van der Waals surface area (Å²) in [7, 11) is 1.59. The Labute approximate surface area is 146 Å². The SMILES string of the molecule is CCOc1ccc2ccccc2c1C(=O)NCC(OC)c1ccco1. The van der Waals surface area contributed by atoms with Crippen LogP contribution in [0.3, 0.4) is 0 Å². The summed E-state index contributed by atoms with van der Waals surface area (Å²) in [6.45, 7) is 2.69. The number of furan rings is 1. The lowest BCUT2D eigenvalue weighted by Crippen LogP contribution is -2.29. The van der Waals surface area contributed by atoms with Crippen molar-refractivity contribution in [3.8, 4) is 5.75 Å². The number of nitrogens with one attached hydrogen (secondary N) is 1. The Balaban J connectivity index is 1.86. The van der Waals surface area contributed by atoms with Crippen molar-refractivity contribution < 1.29 is 18.7 Å². The molecule has 2 aromatic carbocycles. The second-order valence-electron chi connectivity index (χ2n) is 5.54. The predicted octanol–water partition coefficient (Wildman–Crippen LogP) is 3.95. The van der Waals surface area contributed by atoms with Gasteiger partial charge in [-0.1, -0.05) is 30.3 Å². The van der Waals surface area contributed by atoms with Crippen molar-refractivity contribution in [1.29, 1.82) is 0 Å². The summed E-state index contributed by atoms with van der Waals surface area (Å²) in [4.78, 5) is 12.9. The summed E-state index contributed by atoms with van der Waals surface area (Å²) >= 11 is 0. The number of benzene rings is 2. The molecule has 5 nitrogen and oxygen atoms in total. The number of hydrogen-bond acceptors (Lipinski definition) is 4. The van der Waals surface area contributed by atoms with Gasteiger partial charge in [-0.2, -0.15) is 0 Å². The second kappa shape index (κ2) is 7.85. The Morgan fingerprint density at radius 2 is 2.00 bits per heavy atom. The van der Waals surface area contributed by atoms with Crippen LogP contribution >= 0.6 is 0 Å². The Morgan fingerprint density at radius 1 is 1.16 bits per heavy atom. The average Bonchev–Trinajstić information content (AvgIpc) is 3.16. The molecule has 3 aromatic rings. The van der Waals surface area contributed by atoms with E-state index in [2.05, 4.69) is 5.32 Å². The Kier molecular flexibility index (Phi) is 5.36. The van der Waals surface area contributed by atoms with Gasteiger partial charge in [-0.05, 0) is 35.9 Å². The van der Waals surface area contributed by atoms with Gasteiger partial charge < -0.3 is 19.2 Å². The fourth-order valence-corrected chi connectivity index (χ4v) is 2.81. The summed E-state index contributed by atoms with van der Waals surface area (Å²) in [6.07, 6.45) is 1.24. The first kappa shape index (κ1) is 17.0. The fourth-order valence-electron chi connectivity index (χ4n) is 2.81. The molecule has 3 rings (SSSR count). The molecular weight excluding hydrogens is 318 g/mol. The van der Waals surface area contributed by atoms with Crippen LogP contribution in [0.5, 0.6) is 5.75 Å². The normalized spacial score (nSPS) is 12.1. The number of amides is 1. The summed E-state index contributed by atoms with van der Waals surface area (Å²) < 4.78 is 16.4. The van der Waals surface area contributed by atoms with Crippen molar-refractivity contribution in [3.63, 3.8) is 0 Å². The molecule has 0 radical (unpaired) electrons. The molecule has 1 amide bonds. The lowest BCUT2D eigenvalue weighted by atomic mass is 10.0. The number of carbonyl (C=O) groups is 1. The van der Waals surface area contributed by atoms with Crippen molar-refractivity contribution in [1.82, 2.24) is 5.32 Å². The summed E-state index contributed by atoms with van der Waals surface area (Å²) in [5.41, 5.74) is 0.536. The summed E-state index contributed by atoms with van der Waals surface area (Å²) in [5, 5.41) is 4.78. The molecule has 0 bridgehead atoms. The maximum absolute atomic E-state index is 12.9. The van der Waals surface area contributed by atoms with E-state index in [1.165, 1.54) is 0 Å². The highest BCUT2D eigenvalue weighted by Crippen LogP contribution is 2.28. The van der Waals surface area contributed by atoms with Crippen LogP contribution in [0, 0.1) is 0 Å². The summed E-state index contributed by atoms with van der Waals surface area (Å²) in [6, 6.07) is 15.2. The zero-order valence-corrected chi connectivity index (χ0v) is 14.3. The Bertz CT molecular complexity index is 842. The molecule has 25 heavy (non-hydrogen) atoms. The molecule has 0 fully saturated rings. The van der Waals surface area contributed by atoms with Crippen LogP contribution in [0.15, 0.2) is 59.2 Å². The van der Waals surface area contributed by atoms with E-state index < -0.39 is 0 Å². The largest absolute Gasteiger partial charge is 0.493 e. The minimum Gasteiger partial charge on any atom is -0.493 e. The van der Waals surface area contributed by atoms with E-state index in [1.54, 1.807) is 19.4 Å². The maximum atomic E-state index is 12.9. The second-order valence-corrected chi connectivity index (χ2v) is 5.54. The van der Waals surface area contributed by atoms with Crippen molar-refractivity contribution in [2.24, 2.45) is 0 Å². The predicted molar refractivity (Wildman–Crippen MR) is 95.9 cm³/mol. The van der Waals surface area contributed by atoms with Crippen LogP contribution in [0.1, 0.15) is 29.1 Å². The maximum Gasteiger partial charge on any atom is 0.255 e. The number of carbonyl (C=O) groups excluding carboxylic acids is 1. The number of methoxy groups -OCH3 is 1. The first-order chi connectivity index (χ1) is 12.2. The van der Waals surface area contributed by atoms with Crippen LogP contribution in [0.2, 0.25) is 0 Å². The molecule has 0 saturated carbocycles. The minimum absolute atomic E-state index is 0.200. The standard InChI is InChI=1S/C20H21NO4/c1-3-24-17-11-10-14-7-4-5-8-15(14)19(17)20(22)21-13-18(23-2)16-9-6-12-25-16/h4-12,18H,3,13H2,1-2H3,(H,21,22). The quantitative estimate of drug-likeness (QED) is 0.708. The number of ether oxygens (including phenoxy) is 2. The lowest BCUT2D eigenvalue weighted by Gasteiger charge is -2.16. The third kappa shape index (κ3) is 3.67. The van der Waals surface area contributed by atoms with E-state index in [-0.39, 0.29) is 12.0 Å². The number of fused-ring (bicyclic) bond motifs is 1. The van der Waals surface area contributed by atoms with Gasteiger partial charge in [-0.3, -0.25) is 4.79 Å². The van der Waals surface area contributed by atoms with Gasteiger partial charge >= 0.3 is 0 Å². The minimum atomic E-state index is -0.343. The summed E-state index contributed by atoms with van der Waals surface area (Å²) in [5.74, 6) is 1.05. The fraction of sp³-hybridized carbons (Fsp3) is 0.250. The van der Waals surface area contributed by atoms with Gasteiger partial charge in [-0.15, -0.1) is 0 Å². The molecular formula is C20H21NO4. The molecule has 0 aliphatic rings. The van der Waals surface area contributed by atoms with E-state index in [9.17, 15) is 4.79 Å². The smallest absolute Gasteiger partial charge is 0.255 e. The molecule has 0 spiro atoms. The van der Waals surface area contributed by atoms with Gasteiger partial charge in [0, 0.05) is 7.11 Å². The van der Waals surface area contributed by atoms with E-state index in [0.717, 1.165) is 10.8 Å². The molecule has 130 valence electrons. The van der Waals surface area contributed by atoms with Gasteiger partial charge in [-0.25, -0.2) is 0 Å². The molecule has 5 heteroatoms. The van der Waals surface area contributed by atoms with E-state index in [4.69, 9.17) is 13.9 Å². The number of rotatable bonds is 7. The Hall–Kier alpha value is -2.79. The van der Waals surface area contributed by atoms with Gasteiger partial charge in [0.15, 0.2) is 0 Å². The van der Waals surface area contributed by atoms with Crippen LogP contribution in [-0.2, 0) is 4.74 Å². The molecule has 1 aromatic heterocycles. The first-order valence-corrected chi connectivity index (χ1v) is 8.23. The first-order valence-electron chi connectivity index (χ1n) is 8.23. The highest BCUT2D eigenvalue weighted by Gasteiger charge is 2.19. The van der Waals surface area contributed by atoms with Crippen LogP contribution < -0.4 is 10.1 Å². The van der Waals surface area contributed by atoms with Gasteiger partial charge in [0.1, 0.15) is 17.6 Å². The molecule has 0 aliphatic heterocycles. The van der Waals surface area contributed by atoms with Crippen LogP contribution in [-0.4, -0.2) is 26.2 Å². The van der Waals surface area contributed by atoms with E-state index in [1.807, 2.05) is 49.4 Å². The third-order valence-electron chi connectivity index (χ3n) is 4.01. The molecule has 0 saturated heterocycles. The lowest BCUT2D eigenvalue weighted by molar-refractivity contribution is 0.0737. The molecule has 1 heterocycles. The van der Waals surface area contributed by atoms with Crippen molar-refractivity contribution in [3.05, 3.63) is 66.1 Å². The van der Waals surface area contributed by atoms with Crippen molar-refractivity contribution in [2.45, 2.75) is 13.0 Å². The zero-order chi connectivity index (χ0) is 17.6. The molecule has 0 aliphatic carbocycles. The van der Waals surface area contributed by atoms with Gasteiger partial charge in [0.25, 0.3) is 5.91 Å². The highest BCUT2D eigenvalue weighted by atomic mass is 16.5. The van der Waals surface area contributed by atoms with Crippen LogP contribution in [0.4, 0.5) is 0 Å². The average molecular weight is 339 g/mol. The topological polar surface area (TPSA) is 60.7 Å². The van der Waals surface area contributed by atoms with Gasteiger partial charge in [0.05, 0.1) is 25.0 Å². The monoisotopic (exact) mass is 339 g/mol. The molecule has 1 atom stereocenters. The van der Waals surface area contributed by atoms with E-state index >= 15 is 0 Å². The van der Waals surface area contributed by atoms with Crippen molar-refractivity contribution >= 4 is 16.7 Å². The van der Waals surface area contributed by atoms with Crippen LogP contribution in [0.25, 0.3) is 10.8 Å². The van der Waals surface area contributed by atoms with Gasteiger partial charge in [0.2, 0.25) is 0 Å². The third-order valence-corrected chi connectivity index (χ3v) is 4.01. The molecule has 1 unspecified atom stereocenters. The highest BCUT2D eigenvalue weighted by molar-refractivity contribution is 6.09. The Morgan fingerprint density at radius 3 is 2.72 bits per heavy atom. The molecule has 1 N–H and O–H groups in total.